The first-order valence-electron chi connectivity index (χ1n) is 7.80. The van der Waals surface area contributed by atoms with Gasteiger partial charge in [0.15, 0.2) is 0 Å². The predicted molar refractivity (Wildman–Crippen MR) is 83.5 cm³/mol. The number of rotatable bonds is 7. The maximum atomic E-state index is 5.65. The molecular formula is C17H27NO2. The average Bonchev–Trinajstić information content (AvgIpc) is 2.49. The normalized spacial score (nSPS) is 22.5. The quantitative estimate of drug-likeness (QED) is 0.761. The molecule has 0 saturated heterocycles. The average molecular weight is 277 g/mol. The van der Waals surface area contributed by atoms with Crippen molar-refractivity contribution >= 4 is 5.69 Å². The number of ether oxygens (including phenoxy) is 2. The second-order valence-electron chi connectivity index (χ2n) is 5.64. The minimum atomic E-state index is 0.599. The van der Waals surface area contributed by atoms with Crippen molar-refractivity contribution in [3.05, 3.63) is 24.3 Å². The molecule has 1 aliphatic carbocycles. The third kappa shape index (κ3) is 4.71. The van der Waals surface area contributed by atoms with Gasteiger partial charge in [-0.25, -0.2) is 0 Å². The molecule has 1 saturated carbocycles. The Morgan fingerprint density at radius 3 is 2.65 bits per heavy atom. The predicted octanol–water partition coefficient (Wildman–Crippen LogP) is 4.09. The summed E-state index contributed by atoms with van der Waals surface area (Å²) in [7, 11) is 1.69. The minimum Gasteiger partial charge on any atom is -0.491 e. The number of nitrogens with one attached hydrogen (secondary N) is 1. The lowest BCUT2D eigenvalue weighted by Crippen LogP contribution is -2.25. The molecule has 3 heteroatoms. The molecule has 0 aliphatic heterocycles. The van der Waals surface area contributed by atoms with E-state index in [0.29, 0.717) is 19.3 Å². The Bertz CT molecular complexity index is 386. The van der Waals surface area contributed by atoms with Gasteiger partial charge in [0.2, 0.25) is 0 Å². The van der Waals surface area contributed by atoms with E-state index in [2.05, 4.69) is 24.4 Å². The molecule has 1 aliphatic rings. The Hall–Kier alpha value is -1.22. The molecule has 0 unspecified atom stereocenters. The van der Waals surface area contributed by atoms with Gasteiger partial charge in [0.1, 0.15) is 12.4 Å². The molecule has 3 nitrogen and oxygen atoms in total. The summed E-state index contributed by atoms with van der Waals surface area (Å²) in [5.74, 6) is 1.85. The van der Waals surface area contributed by atoms with Crippen molar-refractivity contribution in [2.45, 2.75) is 45.1 Å². The van der Waals surface area contributed by atoms with Gasteiger partial charge >= 0.3 is 0 Å². The number of methoxy groups -OCH3 is 1. The van der Waals surface area contributed by atoms with Crippen molar-refractivity contribution in [1.82, 2.24) is 0 Å². The van der Waals surface area contributed by atoms with Gasteiger partial charge in [0, 0.05) is 24.9 Å². The second kappa shape index (κ2) is 8.15. The van der Waals surface area contributed by atoms with Gasteiger partial charge in [-0.05, 0) is 43.7 Å². The van der Waals surface area contributed by atoms with Crippen LogP contribution in [0.25, 0.3) is 0 Å². The third-order valence-electron chi connectivity index (χ3n) is 4.19. The molecule has 2 rings (SSSR count). The van der Waals surface area contributed by atoms with Crippen LogP contribution in [0, 0.1) is 5.92 Å². The summed E-state index contributed by atoms with van der Waals surface area (Å²) in [5.41, 5.74) is 1.17. The fourth-order valence-electron chi connectivity index (χ4n) is 2.87. The Kier molecular flexibility index (Phi) is 6.19. The highest BCUT2D eigenvalue weighted by Crippen LogP contribution is 2.29. The van der Waals surface area contributed by atoms with E-state index in [1.165, 1.54) is 37.8 Å². The lowest BCUT2D eigenvalue weighted by atomic mass is 9.84. The molecule has 1 fully saturated rings. The smallest absolute Gasteiger partial charge is 0.121 e. The molecule has 0 radical (unpaired) electrons. The van der Waals surface area contributed by atoms with Crippen LogP contribution in [0.1, 0.15) is 39.0 Å². The van der Waals surface area contributed by atoms with E-state index < -0.39 is 0 Å². The summed E-state index contributed by atoms with van der Waals surface area (Å²) in [5, 5.41) is 3.65. The zero-order valence-electron chi connectivity index (χ0n) is 12.7. The number of anilines is 1. The highest BCUT2D eigenvalue weighted by atomic mass is 16.5. The largest absolute Gasteiger partial charge is 0.491 e. The van der Waals surface area contributed by atoms with Gasteiger partial charge in [-0.2, -0.15) is 0 Å². The van der Waals surface area contributed by atoms with E-state index in [-0.39, 0.29) is 0 Å². The first-order valence-corrected chi connectivity index (χ1v) is 7.80. The Labute approximate surface area is 122 Å². The third-order valence-corrected chi connectivity index (χ3v) is 4.19. The molecule has 1 N–H and O–H groups in total. The van der Waals surface area contributed by atoms with Crippen LogP contribution in [0.2, 0.25) is 0 Å². The molecule has 0 atom stereocenters. The van der Waals surface area contributed by atoms with E-state index in [4.69, 9.17) is 9.47 Å². The molecule has 1 aromatic carbocycles. The van der Waals surface area contributed by atoms with Crippen LogP contribution in [0.15, 0.2) is 24.3 Å². The highest BCUT2D eigenvalue weighted by molar-refractivity contribution is 5.48. The van der Waals surface area contributed by atoms with Crippen LogP contribution < -0.4 is 10.1 Å². The molecule has 20 heavy (non-hydrogen) atoms. The molecule has 0 amide bonds. The lowest BCUT2D eigenvalue weighted by Gasteiger charge is -2.29. The van der Waals surface area contributed by atoms with Crippen LogP contribution in [0.3, 0.4) is 0 Å². The number of hydrogen-bond acceptors (Lipinski definition) is 3. The van der Waals surface area contributed by atoms with E-state index >= 15 is 0 Å². The van der Waals surface area contributed by atoms with Crippen molar-refractivity contribution in [2.75, 3.05) is 25.6 Å². The summed E-state index contributed by atoms with van der Waals surface area (Å²) in [6.45, 7) is 3.53. The van der Waals surface area contributed by atoms with Crippen molar-refractivity contribution in [3.63, 3.8) is 0 Å². The van der Waals surface area contributed by atoms with Gasteiger partial charge in [0.25, 0.3) is 0 Å². The van der Waals surface area contributed by atoms with E-state index in [1.807, 2.05) is 12.1 Å². The first-order chi connectivity index (χ1) is 9.81. The Morgan fingerprint density at radius 2 is 1.95 bits per heavy atom. The van der Waals surface area contributed by atoms with Crippen molar-refractivity contribution in [3.8, 4) is 5.75 Å². The summed E-state index contributed by atoms with van der Waals surface area (Å²) in [4.78, 5) is 0. The lowest BCUT2D eigenvalue weighted by molar-refractivity contribution is 0.146. The molecule has 0 aromatic heterocycles. The van der Waals surface area contributed by atoms with Gasteiger partial charge in [-0.3, -0.25) is 0 Å². The standard InChI is InChI=1S/C17H27NO2/c1-3-14-7-9-15(10-8-14)18-16-5-4-6-17(13-16)20-12-11-19-2/h4-6,13-15,18H,3,7-12H2,1-2H3. The molecule has 0 spiro atoms. The maximum absolute atomic E-state index is 5.65. The molecular weight excluding hydrogens is 250 g/mol. The van der Waals surface area contributed by atoms with E-state index in [0.717, 1.165) is 11.7 Å². The second-order valence-corrected chi connectivity index (χ2v) is 5.64. The minimum absolute atomic E-state index is 0.599. The Balaban J connectivity index is 1.82. The van der Waals surface area contributed by atoms with Crippen LogP contribution >= 0.6 is 0 Å². The molecule has 1 aromatic rings. The fourth-order valence-corrected chi connectivity index (χ4v) is 2.87. The maximum Gasteiger partial charge on any atom is 0.121 e. The van der Waals surface area contributed by atoms with Crippen LogP contribution in [0.5, 0.6) is 5.75 Å². The monoisotopic (exact) mass is 277 g/mol. The van der Waals surface area contributed by atoms with Crippen LogP contribution in [0.4, 0.5) is 5.69 Å². The van der Waals surface area contributed by atoms with Crippen LogP contribution in [-0.4, -0.2) is 26.4 Å². The van der Waals surface area contributed by atoms with Crippen molar-refractivity contribution in [2.24, 2.45) is 5.92 Å². The summed E-state index contributed by atoms with van der Waals surface area (Å²) < 4.78 is 10.6. The van der Waals surface area contributed by atoms with Gasteiger partial charge in [-0.15, -0.1) is 0 Å². The van der Waals surface area contributed by atoms with Gasteiger partial charge in [0.05, 0.1) is 6.61 Å². The summed E-state index contributed by atoms with van der Waals surface area (Å²) in [6, 6.07) is 8.86. The zero-order chi connectivity index (χ0) is 14.2. The van der Waals surface area contributed by atoms with Gasteiger partial charge in [-0.1, -0.05) is 19.4 Å². The highest BCUT2D eigenvalue weighted by Gasteiger charge is 2.19. The van der Waals surface area contributed by atoms with Crippen molar-refractivity contribution < 1.29 is 9.47 Å². The SMILES string of the molecule is CCC1CCC(Nc2cccc(OCCOC)c2)CC1. The van der Waals surface area contributed by atoms with Crippen molar-refractivity contribution in [1.29, 1.82) is 0 Å². The molecule has 0 heterocycles. The topological polar surface area (TPSA) is 30.5 Å². The van der Waals surface area contributed by atoms with Crippen LogP contribution in [-0.2, 0) is 4.74 Å². The molecule has 112 valence electrons. The summed E-state index contributed by atoms with van der Waals surface area (Å²) >= 11 is 0. The van der Waals surface area contributed by atoms with E-state index in [9.17, 15) is 0 Å². The first kappa shape index (κ1) is 15.2. The zero-order valence-corrected chi connectivity index (χ0v) is 12.7. The fraction of sp³-hybridized carbons (Fsp3) is 0.647. The van der Waals surface area contributed by atoms with E-state index in [1.54, 1.807) is 7.11 Å². The number of hydrogen-bond donors (Lipinski definition) is 1. The van der Waals surface area contributed by atoms with Gasteiger partial charge < -0.3 is 14.8 Å². The Morgan fingerprint density at radius 1 is 1.15 bits per heavy atom. The molecule has 0 bridgehead atoms. The summed E-state index contributed by atoms with van der Waals surface area (Å²) in [6.07, 6.45) is 6.62. The number of benzene rings is 1.